The van der Waals surface area contributed by atoms with Gasteiger partial charge in [-0.25, -0.2) is 0 Å². The molecule has 0 saturated heterocycles. The predicted molar refractivity (Wildman–Crippen MR) is 72.6 cm³/mol. The average Bonchev–Trinajstić information content (AvgIpc) is 2.34. The average molecular weight is 251 g/mol. The van der Waals surface area contributed by atoms with E-state index in [1.165, 1.54) is 0 Å². The number of aliphatic hydroxyl groups is 1. The van der Waals surface area contributed by atoms with Crippen molar-refractivity contribution in [2.24, 2.45) is 0 Å². The zero-order chi connectivity index (χ0) is 13.5. The van der Waals surface area contributed by atoms with Crippen LogP contribution >= 0.6 is 0 Å². The van der Waals surface area contributed by atoms with Crippen molar-refractivity contribution >= 4 is 11.6 Å². The number of rotatable bonds is 6. The van der Waals surface area contributed by atoms with Crippen molar-refractivity contribution < 1.29 is 9.90 Å². The molecule has 18 heavy (non-hydrogen) atoms. The number of hydrogen-bond donors (Lipinski definition) is 3. The summed E-state index contributed by atoms with van der Waals surface area (Å²) in [6.07, 6.45) is -0.494. The first-order valence-corrected chi connectivity index (χ1v) is 5.97. The second kappa shape index (κ2) is 6.98. The van der Waals surface area contributed by atoms with Crippen LogP contribution in [0.15, 0.2) is 24.3 Å². The lowest BCUT2D eigenvalue weighted by atomic mass is 10.2. The fourth-order valence-electron chi connectivity index (χ4n) is 1.48. The number of nitrogens with one attached hydrogen (secondary N) is 2. The summed E-state index contributed by atoms with van der Waals surface area (Å²) in [6.45, 7) is 3.07. The Morgan fingerprint density at radius 2 is 1.89 bits per heavy atom. The van der Waals surface area contributed by atoms with Crippen molar-refractivity contribution in [3.05, 3.63) is 29.8 Å². The largest absolute Gasteiger partial charge is 0.384 e. The minimum Gasteiger partial charge on any atom is -0.384 e. The van der Waals surface area contributed by atoms with E-state index in [9.17, 15) is 4.79 Å². The van der Waals surface area contributed by atoms with E-state index in [1.807, 2.05) is 12.1 Å². The number of benzene rings is 1. The minimum absolute atomic E-state index is 0.00248. The summed E-state index contributed by atoms with van der Waals surface area (Å²) in [4.78, 5) is 13.2. The molecule has 0 aliphatic rings. The van der Waals surface area contributed by atoms with E-state index in [4.69, 9.17) is 5.11 Å². The standard InChI is InChI=1S/C13H21N3O2/c1-10(17)14-8-9-15-12-6-4-11(5-7-12)13(18)16(2)3/h4-7,10,14-15,17H,8-9H2,1-3H3. The highest BCUT2D eigenvalue weighted by Gasteiger charge is 2.06. The molecule has 1 rings (SSSR count). The Hall–Kier alpha value is -1.59. The Bertz CT molecular complexity index is 374. The Labute approximate surface area is 108 Å². The van der Waals surface area contributed by atoms with E-state index >= 15 is 0 Å². The summed E-state index contributed by atoms with van der Waals surface area (Å²) in [5, 5.41) is 15.1. The molecule has 1 atom stereocenters. The summed E-state index contributed by atoms with van der Waals surface area (Å²) in [6, 6.07) is 7.34. The van der Waals surface area contributed by atoms with Gasteiger partial charge in [0.1, 0.15) is 6.23 Å². The molecule has 0 aliphatic carbocycles. The van der Waals surface area contributed by atoms with Crippen LogP contribution in [0.2, 0.25) is 0 Å². The normalized spacial score (nSPS) is 12.0. The van der Waals surface area contributed by atoms with E-state index in [1.54, 1.807) is 38.1 Å². The van der Waals surface area contributed by atoms with Crippen molar-refractivity contribution in [2.75, 3.05) is 32.5 Å². The molecular formula is C13H21N3O2. The number of hydrogen-bond acceptors (Lipinski definition) is 4. The van der Waals surface area contributed by atoms with Crippen LogP contribution in [0.5, 0.6) is 0 Å². The van der Waals surface area contributed by atoms with Crippen molar-refractivity contribution in [1.29, 1.82) is 0 Å². The topological polar surface area (TPSA) is 64.6 Å². The molecule has 0 heterocycles. The fraction of sp³-hybridized carbons (Fsp3) is 0.462. The van der Waals surface area contributed by atoms with Gasteiger partial charge in [0, 0.05) is 38.4 Å². The summed E-state index contributed by atoms with van der Waals surface area (Å²) in [5.41, 5.74) is 1.63. The number of aliphatic hydroxyl groups excluding tert-OH is 1. The van der Waals surface area contributed by atoms with Crippen molar-refractivity contribution in [3.8, 4) is 0 Å². The molecule has 1 aromatic rings. The van der Waals surface area contributed by atoms with Crippen LogP contribution in [-0.2, 0) is 0 Å². The number of carbonyl (C=O) groups is 1. The van der Waals surface area contributed by atoms with E-state index in [0.29, 0.717) is 18.7 Å². The Kier molecular flexibility index (Phi) is 5.61. The van der Waals surface area contributed by atoms with Crippen LogP contribution < -0.4 is 10.6 Å². The molecule has 0 aromatic heterocycles. The van der Waals surface area contributed by atoms with Crippen LogP contribution in [0.1, 0.15) is 17.3 Å². The second-order valence-electron chi connectivity index (χ2n) is 4.33. The molecule has 0 saturated carbocycles. The van der Waals surface area contributed by atoms with E-state index in [0.717, 1.165) is 5.69 Å². The molecule has 0 fully saturated rings. The van der Waals surface area contributed by atoms with Gasteiger partial charge in [0.2, 0.25) is 0 Å². The molecule has 0 spiro atoms. The fourth-order valence-corrected chi connectivity index (χ4v) is 1.48. The third-order valence-corrected chi connectivity index (χ3v) is 2.43. The van der Waals surface area contributed by atoms with Crippen LogP contribution in [0.3, 0.4) is 0 Å². The summed E-state index contributed by atoms with van der Waals surface area (Å²) < 4.78 is 0. The quantitative estimate of drug-likeness (QED) is 0.515. The van der Waals surface area contributed by atoms with Gasteiger partial charge in [-0.15, -0.1) is 0 Å². The SMILES string of the molecule is CC(O)NCCNc1ccc(C(=O)N(C)C)cc1. The van der Waals surface area contributed by atoms with Crippen LogP contribution in [0.4, 0.5) is 5.69 Å². The molecule has 0 radical (unpaired) electrons. The maximum Gasteiger partial charge on any atom is 0.253 e. The molecular weight excluding hydrogens is 230 g/mol. The van der Waals surface area contributed by atoms with Gasteiger partial charge < -0.3 is 15.3 Å². The van der Waals surface area contributed by atoms with Gasteiger partial charge in [-0.3, -0.25) is 10.1 Å². The van der Waals surface area contributed by atoms with Crippen LogP contribution in [0, 0.1) is 0 Å². The van der Waals surface area contributed by atoms with Gasteiger partial charge in [0.25, 0.3) is 5.91 Å². The maximum atomic E-state index is 11.7. The Balaban J connectivity index is 2.43. The number of nitrogens with zero attached hydrogens (tertiary/aromatic N) is 1. The Morgan fingerprint density at radius 3 is 2.39 bits per heavy atom. The lowest BCUT2D eigenvalue weighted by Gasteiger charge is -2.12. The molecule has 1 aromatic carbocycles. The first kappa shape index (κ1) is 14.5. The zero-order valence-corrected chi connectivity index (χ0v) is 11.1. The lowest BCUT2D eigenvalue weighted by molar-refractivity contribution is 0.0827. The van der Waals surface area contributed by atoms with E-state index < -0.39 is 6.23 Å². The monoisotopic (exact) mass is 251 g/mol. The molecule has 3 N–H and O–H groups in total. The number of anilines is 1. The summed E-state index contributed by atoms with van der Waals surface area (Å²) >= 11 is 0. The predicted octanol–water partition coefficient (Wildman–Crippen LogP) is 0.728. The molecule has 1 unspecified atom stereocenters. The van der Waals surface area contributed by atoms with Crippen molar-refractivity contribution in [2.45, 2.75) is 13.2 Å². The van der Waals surface area contributed by atoms with Gasteiger partial charge in [-0.05, 0) is 31.2 Å². The van der Waals surface area contributed by atoms with Crippen molar-refractivity contribution in [1.82, 2.24) is 10.2 Å². The van der Waals surface area contributed by atoms with Gasteiger partial charge in [-0.2, -0.15) is 0 Å². The molecule has 0 bridgehead atoms. The Morgan fingerprint density at radius 1 is 1.28 bits per heavy atom. The van der Waals surface area contributed by atoms with Gasteiger partial charge >= 0.3 is 0 Å². The van der Waals surface area contributed by atoms with Crippen LogP contribution in [-0.4, -0.2) is 49.3 Å². The first-order chi connectivity index (χ1) is 8.50. The zero-order valence-electron chi connectivity index (χ0n) is 11.1. The van der Waals surface area contributed by atoms with E-state index in [2.05, 4.69) is 10.6 Å². The minimum atomic E-state index is -0.494. The molecule has 5 heteroatoms. The van der Waals surface area contributed by atoms with E-state index in [-0.39, 0.29) is 5.91 Å². The second-order valence-corrected chi connectivity index (χ2v) is 4.33. The highest BCUT2D eigenvalue weighted by atomic mass is 16.3. The maximum absolute atomic E-state index is 11.7. The number of carbonyl (C=O) groups excluding carboxylic acids is 1. The van der Waals surface area contributed by atoms with Gasteiger partial charge in [0.15, 0.2) is 0 Å². The van der Waals surface area contributed by atoms with Gasteiger partial charge in [0.05, 0.1) is 0 Å². The first-order valence-electron chi connectivity index (χ1n) is 5.97. The smallest absolute Gasteiger partial charge is 0.253 e. The van der Waals surface area contributed by atoms with Gasteiger partial charge in [-0.1, -0.05) is 0 Å². The highest BCUT2D eigenvalue weighted by Crippen LogP contribution is 2.10. The van der Waals surface area contributed by atoms with Crippen molar-refractivity contribution in [3.63, 3.8) is 0 Å². The lowest BCUT2D eigenvalue weighted by Crippen LogP contribution is -2.30. The third kappa shape index (κ3) is 4.73. The summed E-state index contributed by atoms with van der Waals surface area (Å²) in [7, 11) is 3.46. The molecule has 0 aliphatic heterocycles. The van der Waals surface area contributed by atoms with Crippen LogP contribution in [0.25, 0.3) is 0 Å². The highest BCUT2D eigenvalue weighted by molar-refractivity contribution is 5.94. The molecule has 1 amide bonds. The number of amides is 1. The summed E-state index contributed by atoms with van der Waals surface area (Å²) in [5.74, 6) is -0.00248. The molecule has 100 valence electrons. The molecule has 5 nitrogen and oxygen atoms in total. The third-order valence-electron chi connectivity index (χ3n) is 2.43.